The molecular weight excluding hydrogens is 375 g/mol. The van der Waals surface area contributed by atoms with E-state index in [1.807, 2.05) is 13.8 Å². The summed E-state index contributed by atoms with van der Waals surface area (Å²) in [7, 11) is 0. The Morgan fingerprint density at radius 2 is 1.77 bits per heavy atom. The highest BCUT2D eigenvalue weighted by molar-refractivity contribution is 6.35. The fourth-order valence-corrected chi connectivity index (χ4v) is 2.62. The van der Waals surface area contributed by atoms with Crippen LogP contribution in [0, 0.1) is 0 Å². The molecule has 0 saturated carbocycles. The van der Waals surface area contributed by atoms with Crippen molar-refractivity contribution in [2.45, 2.75) is 26.9 Å². The van der Waals surface area contributed by atoms with Crippen LogP contribution in [0.2, 0.25) is 10.0 Å². The lowest BCUT2D eigenvalue weighted by Crippen LogP contribution is -2.36. The number of carbonyl (C=O) groups is 2. The molecule has 0 atom stereocenters. The molecule has 5 nitrogen and oxygen atoms in total. The molecule has 0 radical (unpaired) electrons. The molecule has 0 spiro atoms. The van der Waals surface area contributed by atoms with Crippen LogP contribution in [-0.2, 0) is 9.59 Å². The number of halogens is 2. The van der Waals surface area contributed by atoms with E-state index in [1.54, 1.807) is 42.5 Å². The van der Waals surface area contributed by atoms with E-state index < -0.39 is 0 Å². The Morgan fingerprint density at radius 1 is 1.12 bits per heavy atom. The van der Waals surface area contributed by atoms with E-state index >= 15 is 0 Å². The second kappa shape index (κ2) is 8.92. The van der Waals surface area contributed by atoms with Crippen LogP contribution >= 0.6 is 23.2 Å². The molecule has 138 valence electrons. The number of nitrogens with zero attached hydrogens (tertiary/aromatic N) is 1. The molecule has 2 amide bonds. The summed E-state index contributed by atoms with van der Waals surface area (Å²) in [6.45, 7) is 5.11. The lowest BCUT2D eigenvalue weighted by atomic mass is 10.2. The van der Waals surface area contributed by atoms with Crippen molar-refractivity contribution < 1.29 is 14.3 Å². The van der Waals surface area contributed by atoms with E-state index in [0.29, 0.717) is 27.2 Å². The Labute approximate surface area is 162 Å². The van der Waals surface area contributed by atoms with E-state index in [9.17, 15) is 9.59 Å². The van der Waals surface area contributed by atoms with Crippen LogP contribution in [-0.4, -0.2) is 24.5 Å². The summed E-state index contributed by atoms with van der Waals surface area (Å²) in [6.07, 6.45) is 0.0537. The minimum atomic E-state index is -0.383. The number of hydrogen-bond donors (Lipinski definition) is 1. The molecule has 1 N–H and O–H groups in total. The summed E-state index contributed by atoms with van der Waals surface area (Å²) in [5, 5.41) is 3.49. The van der Waals surface area contributed by atoms with Crippen LogP contribution in [0.1, 0.15) is 20.8 Å². The van der Waals surface area contributed by atoms with E-state index in [0.717, 1.165) is 0 Å². The maximum atomic E-state index is 12.3. The Hall–Kier alpha value is -2.24. The number of amides is 2. The summed E-state index contributed by atoms with van der Waals surface area (Å²) in [5.74, 6) is 0.0594. The highest BCUT2D eigenvalue weighted by Crippen LogP contribution is 2.26. The molecular formula is C19H20Cl2N2O3. The summed E-state index contributed by atoms with van der Waals surface area (Å²) in [4.78, 5) is 25.7. The Bertz CT molecular complexity index is 792. The highest BCUT2D eigenvalue weighted by atomic mass is 35.5. The largest absolute Gasteiger partial charge is 0.491 e. The molecule has 2 rings (SSSR count). The molecule has 0 unspecified atom stereocenters. The Morgan fingerprint density at radius 3 is 2.35 bits per heavy atom. The first kappa shape index (κ1) is 20.1. The van der Waals surface area contributed by atoms with Gasteiger partial charge >= 0.3 is 0 Å². The number of rotatable bonds is 6. The molecule has 0 fully saturated rings. The van der Waals surface area contributed by atoms with Gasteiger partial charge in [-0.05, 0) is 56.3 Å². The van der Waals surface area contributed by atoms with E-state index in [-0.39, 0.29) is 24.5 Å². The smallest absolute Gasteiger partial charge is 0.244 e. The van der Waals surface area contributed by atoms with Crippen LogP contribution < -0.4 is 15.0 Å². The summed E-state index contributed by atoms with van der Waals surface area (Å²) in [6, 6.07) is 11.8. The van der Waals surface area contributed by atoms with Crippen LogP contribution in [0.3, 0.4) is 0 Å². The summed E-state index contributed by atoms with van der Waals surface area (Å²) >= 11 is 12.0. The average Bonchev–Trinajstić information content (AvgIpc) is 2.56. The molecule has 0 aliphatic rings. The third-order valence-corrected chi connectivity index (χ3v) is 3.97. The zero-order valence-electron chi connectivity index (χ0n) is 14.8. The number of hydrogen-bond acceptors (Lipinski definition) is 3. The van der Waals surface area contributed by atoms with Crippen molar-refractivity contribution in [2.75, 3.05) is 16.8 Å². The first-order valence-corrected chi connectivity index (χ1v) is 8.81. The number of carbonyl (C=O) groups excluding carboxylic acids is 2. The second-order valence-electron chi connectivity index (χ2n) is 5.94. The zero-order chi connectivity index (χ0) is 19.3. The van der Waals surface area contributed by atoms with Gasteiger partial charge in [0.25, 0.3) is 0 Å². The molecule has 2 aromatic carbocycles. The maximum absolute atomic E-state index is 12.3. The highest BCUT2D eigenvalue weighted by Gasteiger charge is 2.17. The SMILES string of the molecule is CC(=O)N(CC(=O)Nc1cc(Cl)ccc1Cl)c1ccc(OC(C)C)cc1. The lowest BCUT2D eigenvalue weighted by Gasteiger charge is -2.21. The first-order valence-electron chi connectivity index (χ1n) is 8.06. The number of nitrogens with one attached hydrogen (secondary N) is 1. The van der Waals surface area contributed by atoms with Crippen LogP contribution in [0.4, 0.5) is 11.4 Å². The monoisotopic (exact) mass is 394 g/mol. The van der Waals surface area contributed by atoms with E-state index in [2.05, 4.69) is 5.32 Å². The Kier molecular flexibility index (Phi) is 6.89. The Balaban J connectivity index is 2.11. The van der Waals surface area contributed by atoms with Gasteiger partial charge in [0.1, 0.15) is 12.3 Å². The fraction of sp³-hybridized carbons (Fsp3) is 0.263. The van der Waals surface area contributed by atoms with E-state index in [4.69, 9.17) is 27.9 Å². The van der Waals surface area contributed by atoms with Crippen molar-refractivity contribution in [1.29, 1.82) is 0 Å². The van der Waals surface area contributed by atoms with Gasteiger partial charge in [0.2, 0.25) is 11.8 Å². The minimum absolute atomic E-state index is 0.0537. The third-order valence-electron chi connectivity index (χ3n) is 3.40. The van der Waals surface area contributed by atoms with E-state index in [1.165, 1.54) is 11.8 Å². The lowest BCUT2D eigenvalue weighted by molar-refractivity contribution is -0.120. The van der Waals surface area contributed by atoms with Gasteiger partial charge < -0.3 is 15.0 Å². The molecule has 0 heterocycles. The predicted octanol–water partition coefficient (Wildman–Crippen LogP) is 4.77. The quantitative estimate of drug-likeness (QED) is 0.767. The topological polar surface area (TPSA) is 58.6 Å². The number of benzene rings is 2. The van der Waals surface area contributed by atoms with Crippen molar-refractivity contribution in [3.63, 3.8) is 0 Å². The van der Waals surface area contributed by atoms with Crippen LogP contribution in [0.15, 0.2) is 42.5 Å². The van der Waals surface area contributed by atoms with Gasteiger partial charge in [-0.15, -0.1) is 0 Å². The van der Waals surface area contributed by atoms with Gasteiger partial charge in [0, 0.05) is 17.6 Å². The molecule has 0 aliphatic heterocycles. The minimum Gasteiger partial charge on any atom is -0.491 e. The third kappa shape index (κ3) is 5.64. The van der Waals surface area contributed by atoms with Crippen molar-refractivity contribution in [3.05, 3.63) is 52.5 Å². The van der Waals surface area contributed by atoms with Gasteiger partial charge in [0.05, 0.1) is 16.8 Å². The standard InChI is InChI=1S/C19H20Cl2N2O3/c1-12(2)26-16-7-5-15(6-8-16)23(13(3)24)11-19(25)22-18-10-14(20)4-9-17(18)21/h4-10,12H,11H2,1-3H3,(H,22,25). The van der Waals surface area contributed by atoms with Crippen molar-refractivity contribution in [3.8, 4) is 5.75 Å². The first-order chi connectivity index (χ1) is 12.3. The molecule has 26 heavy (non-hydrogen) atoms. The molecule has 7 heteroatoms. The van der Waals surface area contributed by atoms with Gasteiger partial charge in [-0.25, -0.2) is 0 Å². The molecule has 0 bridgehead atoms. The fourth-order valence-electron chi connectivity index (χ4n) is 2.29. The second-order valence-corrected chi connectivity index (χ2v) is 6.78. The maximum Gasteiger partial charge on any atom is 0.244 e. The zero-order valence-corrected chi connectivity index (χ0v) is 16.3. The number of anilines is 2. The van der Waals surface area contributed by atoms with Crippen LogP contribution in [0.25, 0.3) is 0 Å². The van der Waals surface area contributed by atoms with Crippen molar-refractivity contribution in [2.24, 2.45) is 0 Å². The average molecular weight is 395 g/mol. The van der Waals surface area contributed by atoms with Gasteiger partial charge in [-0.3, -0.25) is 9.59 Å². The van der Waals surface area contributed by atoms with Crippen molar-refractivity contribution >= 4 is 46.4 Å². The van der Waals surface area contributed by atoms with Crippen LogP contribution in [0.5, 0.6) is 5.75 Å². The number of ether oxygens (including phenoxy) is 1. The normalized spacial score (nSPS) is 10.5. The van der Waals surface area contributed by atoms with Gasteiger partial charge in [0.15, 0.2) is 0 Å². The molecule has 0 aliphatic carbocycles. The predicted molar refractivity (Wildman–Crippen MR) is 105 cm³/mol. The summed E-state index contributed by atoms with van der Waals surface area (Å²) in [5.41, 5.74) is 0.995. The molecule has 0 aromatic heterocycles. The van der Waals surface area contributed by atoms with Crippen molar-refractivity contribution in [1.82, 2.24) is 0 Å². The molecule has 2 aromatic rings. The van der Waals surface area contributed by atoms with Gasteiger partial charge in [-0.1, -0.05) is 23.2 Å². The molecule has 0 saturated heterocycles. The summed E-state index contributed by atoms with van der Waals surface area (Å²) < 4.78 is 5.58. The van der Waals surface area contributed by atoms with Gasteiger partial charge in [-0.2, -0.15) is 0 Å².